The molecule has 1 atom stereocenters. The highest BCUT2D eigenvalue weighted by atomic mass is 79.9. The average Bonchev–Trinajstić information content (AvgIpc) is 2.59. The van der Waals surface area contributed by atoms with Gasteiger partial charge >= 0.3 is 0 Å². The Morgan fingerprint density at radius 2 is 2.11 bits per heavy atom. The summed E-state index contributed by atoms with van der Waals surface area (Å²) in [7, 11) is -6.09. The maximum Gasteiger partial charge on any atom is 0.211 e. The van der Waals surface area contributed by atoms with Crippen LogP contribution >= 0.6 is 37.9 Å². The largest absolute Gasteiger partial charge is 0.299 e. The summed E-state index contributed by atoms with van der Waals surface area (Å²) in [6, 6.07) is 3.73. The summed E-state index contributed by atoms with van der Waals surface area (Å²) in [6.45, 7) is 0.499. The van der Waals surface area contributed by atoms with E-state index in [-0.39, 0.29) is 17.5 Å². The Morgan fingerprint density at radius 3 is 2.63 bits per heavy atom. The molecule has 0 spiro atoms. The summed E-state index contributed by atoms with van der Waals surface area (Å²) in [5.41, 5.74) is 0. The monoisotopic (exact) mass is 389 g/mol. The van der Waals surface area contributed by atoms with Crippen molar-refractivity contribution in [3.05, 3.63) is 20.8 Å². The van der Waals surface area contributed by atoms with Crippen LogP contribution in [0.4, 0.5) is 0 Å². The van der Waals surface area contributed by atoms with Crippen molar-refractivity contribution >= 4 is 47.9 Å². The second kappa shape index (κ2) is 5.63. The molecule has 0 amide bonds. The van der Waals surface area contributed by atoms with E-state index in [0.717, 1.165) is 14.9 Å². The molecule has 0 radical (unpaired) electrons. The van der Waals surface area contributed by atoms with Gasteiger partial charge in [-0.25, -0.2) is 12.7 Å². The van der Waals surface area contributed by atoms with Crippen LogP contribution in [0.5, 0.6) is 0 Å². The minimum atomic E-state index is -3.28. The van der Waals surface area contributed by atoms with E-state index in [1.54, 1.807) is 0 Å². The summed E-state index contributed by atoms with van der Waals surface area (Å²) in [6.07, 6.45) is 1.59. The minimum Gasteiger partial charge on any atom is -0.299 e. The maximum atomic E-state index is 11.6. The molecule has 19 heavy (non-hydrogen) atoms. The lowest BCUT2D eigenvalue weighted by atomic mass is 10.2. The van der Waals surface area contributed by atoms with Crippen LogP contribution in [-0.4, -0.2) is 46.9 Å². The molecule has 5 nitrogen and oxygen atoms in total. The van der Waals surface area contributed by atoms with Gasteiger partial charge in [0.05, 0.1) is 21.0 Å². The molecule has 0 saturated carbocycles. The van der Waals surface area contributed by atoms with E-state index in [9.17, 15) is 17.5 Å². The maximum absolute atomic E-state index is 11.6. The SMILES string of the molecule is CS(=O)(=O)N1CCC(c2ccc(Br)s2)S(O)(O)CC1. The quantitative estimate of drug-likeness (QED) is 0.814. The minimum absolute atomic E-state index is 0.0975. The van der Waals surface area contributed by atoms with Gasteiger partial charge in [0.2, 0.25) is 10.0 Å². The number of hydrogen-bond donors (Lipinski definition) is 2. The van der Waals surface area contributed by atoms with Gasteiger partial charge in [-0.15, -0.1) is 11.3 Å². The van der Waals surface area contributed by atoms with Crippen molar-refractivity contribution in [2.24, 2.45) is 0 Å². The van der Waals surface area contributed by atoms with E-state index in [1.165, 1.54) is 15.6 Å². The summed E-state index contributed by atoms with van der Waals surface area (Å²) < 4.78 is 45.9. The Bertz CT molecular complexity index is 557. The predicted octanol–water partition coefficient (Wildman–Crippen LogP) is 2.97. The third kappa shape index (κ3) is 3.72. The van der Waals surface area contributed by atoms with Gasteiger partial charge < -0.3 is 0 Å². The second-order valence-corrected chi connectivity index (χ2v) is 11.4. The van der Waals surface area contributed by atoms with E-state index < -0.39 is 20.6 Å². The van der Waals surface area contributed by atoms with Gasteiger partial charge in [-0.1, -0.05) is 0 Å². The topological polar surface area (TPSA) is 77.8 Å². The van der Waals surface area contributed by atoms with Gasteiger partial charge in [-0.2, -0.15) is 10.6 Å². The lowest BCUT2D eigenvalue weighted by Gasteiger charge is -2.38. The van der Waals surface area contributed by atoms with Crippen LogP contribution in [0.1, 0.15) is 16.5 Å². The predicted molar refractivity (Wildman–Crippen MR) is 83.5 cm³/mol. The van der Waals surface area contributed by atoms with Crippen LogP contribution in [0.3, 0.4) is 0 Å². The first-order valence-corrected chi connectivity index (χ1v) is 10.9. The molecule has 1 aliphatic rings. The zero-order valence-corrected chi connectivity index (χ0v) is 14.4. The molecule has 2 heterocycles. The summed E-state index contributed by atoms with van der Waals surface area (Å²) >= 11 is 4.82. The Hall–Kier alpha value is 0.360. The van der Waals surface area contributed by atoms with Crippen LogP contribution < -0.4 is 0 Å². The van der Waals surface area contributed by atoms with E-state index in [1.807, 2.05) is 12.1 Å². The van der Waals surface area contributed by atoms with Crippen molar-refractivity contribution in [3.63, 3.8) is 0 Å². The fraction of sp³-hybridized carbons (Fsp3) is 0.600. The number of sulfonamides is 1. The summed E-state index contributed by atoms with van der Waals surface area (Å²) in [5, 5.41) is -0.379. The van der Waals surface area contributed by atoms with Crippen molar-refractivity contribution in [1.29, 1.82) is 0 Å². The molecule has 9 heteroatoms. The number of halogens is 1. The van der Waals surface area contributed by atoms with Gasteiger partial charge in [-0.3, -0.25) is 9.11 Å². The zero-order chi connectivity index (χ0) is 14.3. The normalized spacial score (nSPS) is 26.8. The van der Waals surface area contributed by atoms with Crippen molar-refractivity contribution in [2.75, 3.05) is 25.1 Å². The van der Waals surface area contributed by atoms with Gasteiger partial charge in [0, 0.05) is 18.0 Å². The molecule has 1 aliphatic heterocycles. The Balaban J connectivity index is 2.25. The Kier molecular flexibility index (Phi) is 4.66. The van der Waals surface area contributed by atoms with E-state index >= 15 is 0 Å². The van der Waals surface area contributed by atoms with Gasteiger partial charge in [0.15, 0.2) is 0 Å². The molecule has 0 aliphatic carbocycles. The zero-order valence-electron chi connectivity index (χ0n) is 10.3. The molecule has 1 fully saturated rings. The third-order valence-corrected chi connectivity index (χ3v) is 8.49. The van der Waals surface area contributed by atoms with Gasteiger partial charge in [0.25, 0.3) is 0 Å². The molecule has 0 aromatic carbocycles. The molecule has 1 aromatic heterocycles. The van der Waals surface area contributed by atoms with E-state index in [4.69, 9.17) is 0 Å². The Labute approximate surface area is 127 Å². The molecule has 1 unspecified atom stereocenters. The standard InChI is InChI=1S/C10H16BrNO4S3/c1-18(13,14)12-5-4-9(19(15,16)7-6-12)8-2-3-10(11)17-8/h2-3,9,15-16H,4-7H2,1H3. The van der Waals surface area contributed by atoms with Crippen molar-refractivity contribution < 1.29 is 17.5 Å². The molecule has 0 bridgehead atoms. The van der Waals surface area contributed by atoms with Crippen LogP contribution in [0, 0.1) is 0 Å². The highest BCUT2D eigenvalue weighted by Crippen LogP contribution is 2.57. The number of hydrogen-bond acceptors (Lipinski definition) is 5. The van der Waals surface area contributed by atoms with Gasteiger partial charge in [-0.05, 0) is 34.5 Å². The van der Waals surface area contributed by atoms with Crippen molar-refractivity contribution in [2.45, 2.75) is 11.7 Å². The lowest BCUT2D eigenvalue weighted by Crippen LogP contribution is -2.32. The fourth-order valence-corrected chi connectivity index (χ4v) is 6.83. The molecule has 2 N–H and O–H groups in total. The van der Waals surface area contributed by atoms with Gasteiger partial charge in [0.1, 0.15) is 0 Å². The number of nitrogens with zero attached hydrogens (tertiary/aromatic N) is 1. The smallest absolute Gasteiger partial charge is 0.211 e. The fourth-order valence-electron chi connectivity index (χ4n) is 2.10. The van der Waals surface area contributed by atoms with Crippen molar-refractivity contribution in [1.82, 2.24) is 4.31 Å². The van der Waals surface area contributed by atoms with E-state index in [2.05, 4.69) is 15.9 Å². The first-order chi connectivity index (χ1) is 8.70. The molecule has 2 rings (SSSR count). The average molecular weight is 390 g/mol. The molecule has 1 saturated heterocycles. The van der Waals surface area contributed by atoms with Crippen LogP contribution in [0.25, 0.3) is 0 Å². The van der Waals surface area contributed by atoms with E-state index in [0.29, 0.717) is 13.0 Å². The highest BCUT2D eigenvalue weighted by molar-refractivity contribution is 9.11. The van der Waals surface area contributed by atoms with Crippen LogP contribution in [0.15, 0.2) is 15.9 Å². The lowest BCUT2D eigenvalue weighted by molar-refractivity contribution is 0.432. The van der Waals surface area contributed by atoms with Crippen LogP contribution in [0.2, 0.25) is 0 Å². The molecular weight excluding hydrogens is 374 g/mol. The highest BCUT2D eigenvalue weighted by Gasteiger charge is 2.34. The Morgan fingerprint density at radius 1 is 1.42 bits per heavy atom. The number of rotatable bonds is 2. The first kappa shape index (κ1) is 15.7. The van der Waals surface area contributed by atoms with Crippen LogP contribution in [-0.2, 0) is 10.0 Å². The molecular formula is C10H16BrNO4S3. The van der Waals surface area contributed by atoms with Crippen molar-refractivity contribution in [3.8, 4) is 0 Å². The third-order valence-electron chi connectivity index (χ3n) is 3.12. The summed E-state index contributed by atoms with van der Waals surface area (Å²) in [4.78, 5) is 0.891. The number of thiophene rings is 1. The summed E-state index contributed by atoms with van der Waals surface area (Å²) in [5.74, 6) is 0.0975. The first-order valence-electron chi connectivity index (χ1n) is 5.65. The molecule has 110 valence electrons. The molecule has 1 aromatic rings. The second-order valence-electron chi connectivity index (χ2n) is 4.50.